The van der Waals surface area contributed by atoms with Crippen molar-refractivity contribution in [2.24, 2.45) is 0 Å². The summed E-state index contributed by atoms with van der Waals surface area (Å²) in [5.41, 5.74) is 1.06. The fourth-order valence-electron chi connectivity index (χ4n) is 3.11. The van der Waals surface area contributed by atoms with Crippen molar-refractivity contribution in [1.82, 2.24) is 20.5 Å². The van der Waals surface area contributed by atoms with Crippen LogP contribution in [-0.4, -0.2) is 68.4 Å². The van der Waals surface area contributed by atoms with E-state index >= 15 is 0 Å². The number of hydrogen-bond donors (Lipinski definition) is 2. The Morgan fingerprint density at radius 1 is 1.29 bits per heavy atom. The number of morpholine rings is 1. The summed E-state index contributed by atoms with van der Waals surface area (Å²) in [5.74, 6) is 0.952. The molecule has 0 bridgehead atoms. The average Bonchev–Trinajstić information content (AvgIpc) is 2.63. The standard InChI is InChI=1S/C17H27N5O2/c1-21-6-3-15(4-7-21)20-17(23)19-13-14-2-5-18-16(12-14)22-8-10-24-11-9-22/h2,5,12,15H,3-4,6-11,13H2,1H3,(H2,19,20,23). The van der Waals surface area contributed by atoms with Crippen molar-refractivity contribution in [3.8, 4) is 0 Å². The average molecular weight is 333 g/mol. The molecule has 2 aliphatic rings. The van der Waals surface area contributed by atoms with Crippen LogP contribution in [0.25, 0.3) is 0 Å². The van der Waals surface area contributed by atoms with Gasteiger partial charge in [-0.15, -0.1) is 0 Å². The number of anilines is 1. The lowest BCUT2D eigenvalue weighted by atomic mass is 10.1. The smallest absolute Gasteiger partial charge is 0.315 e. The number of nitrogens with zero attached hydrogens (tertiary/aromatic N) is 3. The van der Waals surface area contributed by atoms with E-state index in [4.69, 9.17) is 4.74 Å². The highest BCUT2D eigenvalue weighted by molar-refractivity contribution is 5.74. The highest BCUT2D eigenvalue weighted by Gasteiger charge is 2.18. The summed E-state index contributed by atoms with van der Waals surface area (Å²) in [6.45, 7) is 5.79. The Hall–Kier alpha value is -1.86. The molecule has 132 valence electrons. The normalized spacial score (nSPS) is 20.0. The number of urea groups is 1. The lowest BCUT2D eigenvalue weighted by Gasteiger charge is -2.29. The van der Waals surface area contributed by atoms with Gasteiger partial charge in [-0.1, -0.05) is 0 Å². The molecule has 0 aliphatic carbocycles. The maximum Gasteiger partial charge on any atom is 0.315 e. The number of likely N-dealkylation sites (tertiary alicyclic amines) is 1. The number of pyridine rings is 1. The van der Waals surface area contributed by atoms with Gasteiger partial charge >= 0.3 is 6.03 Å². The fraction of sp³-hybridized carbons (Fsp3) is 0.647. The van der Waals surface area contributed by atoms with Crippen LogP contribution >= 0.6 is 0 Å². The molecule has 2 fully saturated rings. The summed E-state index contributed by atoms with van der Waals surface area (Å²) in [6.07, 6.45) is 3.83. The summed E-state index contributed by atoms with van der Waals surface area (Å²) in [5, 5.41) is 6.02. The molecule has 3 rings (SSSR count). The van der Waals surface area contributed by atoms with Crippen molar-refractivity contribution in [1.29, 1.82) is 0 Å². The molecule has 0 spiro atoms. The SMILES string of the molecule is CN1CCC(NC(=O)NCc2ccnc(N3CCOCC3)c2)CC1. The van der Waals surface area contributed by atoms with Crippen molar-refractivity contribution < 1.29 is 9.53 Å². The summed E-state index contributed by atoms with van der Waals surface area (Å²) in [7, 11) is 2.12. The van der Waals surface area contributed by atoms with Crippen LogP contribution in [-0.2, 0) is 11.3 Å². The predicted octanol–water partition coefficient (Wildman–Crippen LogP) is 0.812. The molecule has 0 atom stereocenters. The maximum atomic E-state index is 12.1. The Morgan fingerprint density at radius 2 is 2.04 bits per heavy atom. The molecule has 2 saturated heterocycles. The molecule has 1 aromatic rings. The lowest BCUT2D eigenvalue weighted by molar-refractivity contribution is 0.122. The molecule has 2 N–H and O–H groups in total. The van der Waals surface area contributed by atoms with E-state index < -0.39 is 0 Å². The van der Waals surface area contributed by atoms with Gasteiger partial charge in [0.2, 0.25) is 0 Å². The second-order valence-corrected chi connectivity index (χ2v) is 6.53. The summed E-state index contributed by atoms with van der Waals surface area (Å²) in [6, 6.07) is 4.18. The van der Waals surface area contributed by atoms with E-state index in [0.29, 0.717) is 6.54 Å². The number of piperidine rings is 1. The Morgan fingerprint density at radius 3 is 2.79 bits per heavy atom. The fourth-order valence-corrected chi connectivity index (χ4v) is 3.11. The topological polar surface area (TPSA) is 69.7 Å². The number of rotatable bonds is 4. The van der Waals surface area contributed by atoms with E-state index in [9.17, 15) is 4.79 Å². The van der Waals surface area contributed by atoms with E-state index in [1.54, 1.807) is 6.20 Å². The third kappa shape index (κ3) is 4.82. The largest absolute Gasteiger partial charge is 0.378 e. The number of carbonyl (C=O) groups excluding carboxylic acids is 1. The third-order valence-electron chi connectivity index (χ3n) is 4.65. The first-order valence-corrected chi connectivity index (χ1v) is 8.71. The minimum absolute atomic E-state index is 0.0886. The molecule has 0 unspecified atom stereocenters. The van der Waals surface area contributed by atoms with Crippen LogP contribution in [0.5, 0.6) is 0 Å². The molecule has 7 heteroatoms. The van der Waals surface area contributed by atoms with Gasteiger partial charge in [0, 0.05) is 31.9 Å². The van der Waals surface area contributed by atoms with Gasteiger partial charge in [0.15, 0.2) is 0 Å². The molecule has 0 aromatic carbocycles. The van der Waals surface area contributed by atoms with Crippen molar-refractivity contribution >= 4 is 11.8 Å². The van der Waals surface area contributed by atoms with Gasteiger partial charge in [-0.05, 0) is 50.7 Å². The zero-order valence-corrected chi connectivity index (χ0v) is 14.3. The van der Waals surface area contributed by atoms with Crippen LogP contribution in [0.2, 0.25) is 0 Å². The first-order chi connectivity index (χ1) is 11.7. The molecular weight excluding hydrogens is 306 g/mol. The lowest BCUT2D eigenvalue weighted by Crippen LogP contribution is -2.46. The van der Waals surface area contributed by atoms with E-state index in [1.807, 2.05) is 12.1 Å². The second-order valence-electron chi connectivity index (χ2n) is 6.53. The number of aromatic nitrogens is 1. The molecule has 2 aliphatic heterocycles. The Bertz CT molecular complexity index is 540. The molecule has 0 radical (unpaired) electrons. The highest BCUT2D eigenvalue weighted by atomic mass is 16.5. The van der Waals surface area contributed by atoms with Crippen LogP contribution in [0.15, 0.2) is 18.3 Å². The molecule has 7 nitrogen and oxygen atoms in total. The molecule has 2 amide bonds. The van der Waals surface area contributed by atoms with Crippen molar-refractivity contribution in [2.75, 3.05) is 51.3 Å². The predicted molar refractivity (Wildman–Crippen MR) is 93.2 cm³/mol. The van der Waals surface area contributed by atoms with Gasteiger partial charge in [0.05, 0.1) is 13.2 Å². The van der Waals surface area contributed by atoms with Crippen molar-refractivity contribution in [2.45, 2.75) is 25.4 Å². The molecule has 0 saturated carbocycles. The minimum atomic E-state index is -0.0886. The minimum Gasteiger partial charge on any atom is -0.378 e. The molecule has 1 aromatic heterocycles. The number of nitrogens with one attached hydrogen (secondary N) is 2. The molecule has 3 heterocycles. The van der Waals surface area contributed by atoms with Crippen molar-refractivity contribution in [3.63, 3.8) is 0 Å². The van der Waals surface area contributed by atoms with E-state index in [2.05, 4.69) is 32.5 Å². The third-order valence-corrected chi connectivity index (χ3v) is 4.65. The first kappa shape index (κ1) is 17.0. The van der Waals surface area contributed by atoms with E-state index in [-0.39, 0.29) is 12.1 Å². The first-order valence-electron chi connectivity index (χ1n) is 8.71. The van der Waals surface area contributed by atoms with Gasteiger partial charge in [-0.2, -0.15) is 0 Å². The number of hydrogen-bond acceptors (Lipinski definition) is 5. The van der Waals surface area contributed by atoms with Crippen LogP contribution in [0, 0.1) is 0 Å². The van der Waals surface area contributed by atoms with Crippen LogP contribution in [0.1, 0.15) is 18.4 Å². The molecule has 24 heavy (non-hydrogen) atoms. The maximum absolute atomic E-state index is 12.1. The summed E-state index contributed by atoms with van der Waals surface area (Å²) >= 11 is 0. The molecular formula is C17H27N5O2. The Kier molecular flexibility index (Phi) is 5.87. The monoisotopic (exact) mass is 333 g/mol. The van der Waals surface area contributed by atoms with Gasteiger partial charge in [-0.25, -0.2) is 9.78 Å². The van der Waals surface area contributed by atoms with Crippen LogP contribution in [0.3, 0.4) is 0 Å². The van der Waals surface area contributed by atoms with Gasteiger partial charge in [0.25, 0.3) is 0 Å². The van der Waals surface area contributed by atoms with E-state index in [1.165, 1.54) is 0 Å². The van der Waals surface area contributed by atoms with Crippen LogP contribution in [0.4, 0.5) is 10.6 Å². The van der Waals surface area contributed by atoms with Gasteiger partial charge in [-0.3, -0.25) is 0 Å². The highest BCUT2D eigenvalue weighted by Crippen LogP contribution is 2.14. The second kappa shape index (κ2) is 8.30. The quantitative estimate of drug-likeness (QED) is 0.853. The zero-order chi connectivity index (χ0) is 16.8. The van der Waals surface area contributed by atoms with Crippen molar-refractivity contribution in [3.05, 3.63) is 23.9 Å². The summed E-state index contributed by atoms with van der Waals surface area (Å²) < 4.78 is 5.37. The Balaban J connectivity index is 1.46. The number of carbonyl (C=O) groups is 1. The summed E-state index contributed by atoms with van der Waals surface area (Å²) in [4.78, 5) is 21.0. The van der Waals surface area contributed by atoms with Gasteiger partial charge < -0.3 is 25.2 Å². The van der Waals surface area contributed by atoms with E-state index in [0.717, 1.165) is 63.6 Å². The zero-order valence-electron chi connectivity index (χ0n) is 14.3. The number of ether oxygens (including phenoxy) is 1. The van der Waals surface area contributed by atoms with Gasteiger partial charge in [0.1, 0.15) is 5.82 Å². The Labute approximate surface area is 143 Å². The number of amides is 2. The van der Waals surface area contributed by atoms with Crippen LogP contribution < -0.4 is 15.5 Å².